The van der Waals surface area contributed by atoms with Gasteiger partial charge in [-0.2, -0.15) is 0 Å². The quantitative estimate of drug-likeness (QED) is 0.667. The molecular weight excluding hydrogens is 357 g/mol. The second-order valence-corrected chi connectivity index (χ2v) is 5.81. The van der Waals surface area contributed by atoms with Crippen LogP contribution in [0, 0.1) is 24.4 Å². The first-order valence-corrected chi connectivity index (χ1v) is 8.00. The van der Waals surface area contributed by atoms with Crippen LogP contribution in [0.4, 0.5) is 24.7 Å². The van der Waals surface area contributed by atoms with E-state index in [0.29, 0.717) is 6.54 Å². The van der Waals surface area contributed by atoms with Gasteiger partial charge < -0.3 is 10.6 Å². The van der Waals surface area contributed by atoms with Crippen LogP contribution in [0.1, 0.15) is 21.6 Å². The maximum atomic E-state index is 13.7. The van der Waals surface area contributed by atoms with Crippen LogP contribution in [-0.4, -0.2) is 15.9 Å². The Morgan fingerprint density at radius 2 is 1.85 bits per heavy atom. The Morgan fingerprint density at radius 1 is 1.04 bits per heavy atom. The summed E-state index contributed by atoms with van der Waals surface area (Å²) in [4.78, 5) is 20.0. The summed E-state index contributed by atoms with van der Waals surface area (Å²) in [6.45, 7) is 2.26. The highest BCUT2D eigenvalue weighted by atomic mass is 19.2. The lowest BCUT2D eigenvalue weighted by molar-refractivity contribution is 0.0945. The number of hydrogen-bond donors (Lipinski definition) is 2. The summed E-state index contributed by atoms with van der Waals surface area (Å²) >= 11 is 0. The molecule has 3 rings (SSSR count). The van der Waals surface area contributed by atoms with Crippen molar-refractivity contribution < 1.29 is 18.0 Å². The van der Waals surface area contributed by atoms with Gasteiger partial charge in [0.2, 0.25) is 0 Å². The molecule has 27 heavy (non-hydrogen) atoms. The summed E-state index contributed by atoms with van der Waals surface area (Å²) in [7, 11) is 0. The summed E-state index contributed by atoms with van der Waals surface area (Å²) in [6, 6.07) is 10.8. The number of halogens is 3. The van der Waals surface area contributed by atoms with Crippen LogP contribution in [0.3, 0.4) is 0 Å². The van der Waals surface area contributed by atoms with E-state index in [1.807, 2.05) is 31.2 Å². The van der Waals surface area contributed by atoms with Crippen LogP contribution in [-0.2, 0) is 6.54 Å². The highest BCUT2D eigenvalue weighted by Gasteiger charge is 2.15. The first-order chi connectivity index (χ1) is 12.9. The molecule has 3 aromatic rings. The minimum absolute atomic E-state index is 0.0446. The first-order valence-electron chi connectivity index (χ1n) is 8.00. The Bertz CT molecular complexity index is 994. The lowest BCUT2D eigenvalue weighted by atomic mass is 10.1. The van der Waals surface area contributed by atoms with Crippen molar-refractivity contribution in [2.75, 3.05) is 5.32 Å². The fourth-order valence-corrected chi connectivity index (χ4v) is 2.41. The standard InChI is InChI=1S/C19H15F3N4O/c1-11-3-2-4-12(7-11)9-23-19(27)15-8-16(25-10-24-15)26-14-6-5-13(20)17(21)18(14)22/h2-8,10H,9H2,1H3,(H,23,27)(H,24,25,26). The Hall–Kier alpha value is -3.42. The van der Waals surface area contributed by atoms with Gasteiger partial charge in [-0.1, -0.05) is 29.8 Å². The van der Waals surface area contributed by atoms with Crippen molar-refractivity contribution in [2.24, 2.45) is 0 Å². The fourth-order valence-electron chi connectivity index (χ4n) is 2.41. The number of aromatic nitrogens is 2. The second-order valence-electron chi connectivity index (χ2n) is 5.81. The first kappa shape index (κ1) is 18.4. The van der Waals surface area contributed by atoms with Gasteiger partial charge in [-0.05, 0) is 24.6 Å². The Labute approximate surface area is 153 Å². The Kier molecular flexibility index (Phi) is 5.35. The molecule has 0 aliphatic carbocycles. The van der Waals surface area contributed by atoms with Gasteiger partial charge in [-0.25, -0.2) is 23.1 Å². The highest BCUT2D eigenvalue weighted by Crippen LogP contribution is 2.22. The Morgan fingerprint density at radius 3 is 2.63 bits per heavy atom. The summed E-state index contributed by atoms with van der Waals surface area (Å²) in [5.74, 6) is -4.65. The summed E-state index contributed by atoms with van der Waals surface area (Å²) < 4.78 is 40.0. The van der Waals surface area contributed by atoms with Crippen LogP contribution < -0.4 is 10.6 Å². The number of carbonyl (C=O) groups is 1. The minimum atomic E-state index is -1.59. The van der Waals surface area contributed by atoms with Crippen LogP contribution in [0.15, 0.2) is 48.8 Å². The lowest BCUT2D eigenvalue weighted by Crippen LogP contribution is -2.24. The van der Waals surface area contributed by atoms with Crippen molar-refractivity contribution in [1.29, 1.82) is 0 Å². The average Bonchev–Trinajstić information content (AvgIpc) is 2.67. The van der Waals surface area contributed by atoms with Crippen molar-refractivity contribution in [3.05, 3.63) is 83.1 Å². The van der Waals surface area contributed by atoms with Gasteiger partial charge in [-0.15, -0.1) is 0 Å². The monoisotopic (exact) mass is 372 g/mol. The molecule has 0 unspecified atom stereocenters. The molecule has 0 atom stereocenters. The minimum Gasteiger partial charge on any atom is -0.347 e. The fraction of sp³-hybridized carbons (Fsp3) is 0.105. The third kappa shape index (κ3) is 4.41. The molecule has 138 valence electrons. The molecule has 1 amide bonds. The van der Waals surface area contributed by atoms with E-state index in [1.54, 1.807) is 0 Å². The van der Waals surface area contributed by atoms with Gasteiger partial charge in [0.05, 0.1) is 5.69 Å². The molecule has 0 bridgehead atoms. The number of hydrogen-bond acceptors (Lipinski definition) is 4. The zero-order valence-electron chi connectivity index (χ0n) is 14.3. The van der Waals surface area contributed by atoms with Gasteiger partial charge >= 0.3 is 0 Å². The molecule has 0 radical (unpaired) electrons. The molecule has 0 aliphatic heterocycles. The van der Waals surface area contributed by atoms with E-state index in [9.17, 15) is 18.0 Å². The van der Waals surface area contributed by atoms with Crippen LogP contribution >= 0.6 is 0 Å². The number of nitrogens with zero attached hydrogens (tertiary/aromatic N) is 2. The Balaban J connectivity index is 1.71. The van der Waals surface area contributed by atoms with E-state index in [4.69, 9.17) is 0 Å². The van der Waals surface area contributed by atoms with Crippen molar-refractivity contribution >= 4 is 17.4 Å². The summed E-state index contributed by atoms with van der Waals surface area (Å²) in [5.41, 5.74) is 1.74. The number of anilines is 2. The maximum Gasteiger partial charge on any atom is 0.270 e. The van der Waals surface area contributed by atoms with Crippen LogP contribution in [0.2, 0.25) is 0 Å². The predicted octanol–water partition coefficient (Wildman–Crippen LogP) is 3.88. The molecule has 8 heteroatoms. The second kappa shape index (κ2) is 7.86. The van der Waals surface area contributed by atoms with E-state index in [0.717, 1.165) is 29.6 Å². The molecule has 0 saturated heterocycles. The highest BCUT2D eigenvalue weighted by molar-refractivity contribution is 5.92. The van der Waals surface area contributed by atoms with E-state index in [2.05, 4.69) is 20.6 Å². The van der Waals surface area contributed by atoms with Gasteiger partial charge in [0, 0.05) is 12.6 Å². The molecule has 2 aromatic carbocycles. The number of nitrogens with one attached hydrogen (secondary N) is 2. The number of benzene rings is 2. The zero-order chi connectivity index (χ0) is 19.4. The van der Waals surface area contributed by atoms with Gasteiger partial charge in [0.25, 0.3) is 5.91 Å². The molecule has 0 spiro atoms. The van der Waals surface area contributed by atoms with Crippen LogP contribution in [0.5, 0.6) is 0 Å². The largest absolute Gasteiger partial charge is 0.347 e. The van der Waals surface area contributed by atoms with Crippen molar-refractivity contribution in [1.82, 2.24) is 15.3 Å². The molecular formula is C19H15F3N4O. The van der Waals surface area contributed by atoms with Crippen molar-refractivity contribution in [3.63, 3.8) is 0 Å². The number of aryl methyl sites for hydroxylation is 1. The molecule has 0 saturated carbocycles. The molecule has 1 heterocycles. The normalized spacial score (nSPS) is 10.5. The maximum absolute atomic E-state index is 13.7. The summed E-state index contributed by atoms with van der Waals surface area (Å²) in [5, 5.41) is 5.22. The van der Waals surface area contributed by atoms with Gasteiger partial charge in [0.1, 0.15) is 17.8 Å². The molecule has 2 N–H and O–H groups in total. The molecule has 5 nitrogen and oxygen atoms in total. The third-order valence-electron chi connectivity index (χ3n) is 3.73. The number of rotatable bonds is 5. The predicted molar refractivity (Wildman–Crippen MR) is 94.0 cm³/mol. The van der Waals surface area contributed by atoms with Gasteiger partial charge in [-0.3, -0.25) is 4.79 Å². The third-order valence-corrected chi connectivity index (χ3v) is 3.73. The van der Waals surface area contributed by atoms with E-state index in [1.165, 1.54) is 6.07 Å². The smallest absolute Gasteiger partial charge is 0.270 e. The van der Waals surface area contributed by atoms with E-state index >= 15 is 0 Å². The zero-order valence-corrected chi connectivity index (χ0v) is 14.3. The molecule has 1 aromatic heterocycles. The SMILES string of the molecule is Cc1cccc(CNC(=O)c2cc(Nc3ccc(F)c(F)c3F)ncn2)c1. The molecule has 0 aliphatic rings. The molecule has 0 fully saturated rings. The van der Waals surface area contributed by atoms with Crippen molar-refractivity contribution in [3.8, 4) is 0 Å². The lowest BCUT2D eigenvalue weighted by Gasteiger charge is -2.09. The van der Waals surface area contributed by atoms with Crippen molar-refractivity contribution in [2.45, 2.75) is 13.5 Å². The number of carbonyl (C=O) groups excluding carboxylic acids is 1. The van der Waals surface area contributed by atoms with Crippen LogP contribution in [0.25, 0.3) is 0 Å². The van der Waals surface area contributed by atoms with Gasteiger partial charge in [0.15, 0.2) is 17.5 Å². The topological polar surface area (TPSA) is 66.9 Å². The average molecular weight is 372 g/mol. The van der Waals surface area contributed by atoms with E-state index in [-0.39, 0.29) is 17.2 Å². The number of amides is 1. The summed E-state index contributed by atoms with van der Waals surface area (Å²) in [6.07, 6.45) is 1.11. The van der Waals surface area contributed by atoms with E-state index < -0.39 is 23.4 Å².